The second-order valence-corrected chi connectivity index (χ2v) is 4.90. The van der Waals surface area contributed by atoms with E-state index in [4.69, 9.17) is 0 Å². The molecule has 16 heavy (non-hydrogen) atoms. The third-order valence-electron chi connectivity index (χ3n) is 3.78. The monoisotopic (exact) mass is 222 g/mol. The average Bonchev–Trinajstić information content (AvgIpc) is 2.83. The van der Waals surface area contributed by atoms with Crippen molar-refractivity contribution in [1.29, 1.82) is 0 Å². The van der Waals surface area contributed by atoms with Crippen molar-refractivity contribution in [3.8, 4) is 0 Å². The van der Waals surface area contributed by atoms with E-state index in [2.05, 4.69) is 16.4 Å². The molecule has 1 aliphatic heterocycles. The van der Waals surface area contributed by atoms with Gasteiger partial charge in [-0.1, -0.05) is 18.9 Å². The molecule has 90 valence electrons. The van der Waals surface area contributed by atoms with Crippen LogP contribution in [0.25, 0.3) is 0 Å². The molecule has 1 heterocycles. The lowest BCUT2D eigenvalue weighted by Crippen LogP contribution is -2.50. The van der Waals surface area contributed by atoms with Crippen molar-refractivity contribution < 1.29 is 4.79 Å². The Labute approximate surface area is 98.1 Å². The fourth-order valence-electron chi connectivity index (χ4n) is 2.76. The zero-order valence-corrected chi connectivity index (χ0v) is 10.0. The van der Waals surface area contributed by atoms with Gasteiger partial charge < -0.3 is 4.90 Å². The van der Waals surface area contributed by atoms with Crippen LogP contribution in [0.15, 0.2) is 12.7 Å². The van der Waals surface area contributed by atoms with Gasteiger partial charge in [-0.25, -0.2) is 0 Å². The highest BCUT2D eigenvalue weighted by atomic mass is 16.2. The van der Waals surface area contributed by atoms with E-state index in [0.29, 0.717) is 11.8 Å². The van der Waals surface area contributed by atoms with Crippen LogP contribution in [0.3, 0.4) is 0 Å². The predicted molar refractivity (Wildman–Crippen MR) is 65.2 cm³/mol. The van der Waals surface area contributed by atoms with Crippen LogP contribution < -0.4 is 0 Å². The number of hydrogen-bond acceptors (Lipinski definition) is 2. The van der Waals surface area contributed by atoms with Crippen LogP contribution in [0.1, 0.15) is 25.7 Å². The van der Waals surface area contributed by atoms with Gasteiger partial charge in [0.05, 0.1) is 0 Å². The van der Waals surface area contributed by atoms with Crippen LogP contribution >= 0.6 is 0 Å². The van der Waals surface area contributed by atoms with Gasteiger partial charge in [-0.2, -0.15) is 0 Å². The summed E-state index contributed by atoms with van der Waals surface area (Å²) in [6.45, 7) is 8.52. The summed E-state index contributed by atoms with van der Waals surface area (Å²) in [4.78, 5) is 16.6. The number of amides is 1. The Morgan fingerprint density at radius 1 is 1.19 bits per heavy atom. The quantitative estimate of drug-likeness (QED) is 0.676. The minimum atomic E-state index is 0.339. The molecule has 0 spiro atoms. The van der Waals surface area contributed by atoms with Gasteiger partial charge in [0.15, 0.2) is 0 Å². The Bertz CT molecular complexity index is 251. The maximum absolute atomic E-state index is 12.2. The largest absolute Gasteiger partial charge is 0.340 e. The standard InChI is InChI=1S/C13H22N2O/c1-2-7-14-8-10-15(11-9-14)13(16)12-5-3-4-6-12/h2,12H,1,3-11H2. The second kappa shape index (κ2) is 5.48. The maximum atomic E-state index is 12.2. The summed E-state index contributed by atoms with van der Waals surface area (Å²) in [5, 5.41) is 0. The third kappa shape index (κ3) is 2.64. The first-order valence-electron chi connectivity index (χ1n) is 6.43. The van der Waals surface area contributed by atoms with Gasteiger partial charge in [0.25, 0.3) is 0 Å². The van der Waals surface area contributed by atoms with E-state index < -0.39 is 0 Å². The first kappa shape index (κ1) is 11.6. The molecular formula is C13H22N2O. The van der Waals surface area contributed by atoms with Gasteiger partial charge in [0.1, 0.15) is 0 Å². The molecule has 1 amide bonds. The van der Waals surface area contributed by atoms with Gasteiger partial charge >= 0.3 is 0 Å². The van der Waals surface area contributed by atoms with E-state index in [9.17, 15) is 4.79 Å². The molecule has 0 aromatic carbocycles. The molecule has 3 nitrogen and oxygen atoms in total. The fourth-order valence-corrected chi connectivity index (χ4v) is 2.76. The summed E-state index contributed by atoms with van der Waals surface area (Å²) >= 11 is 0. The topological polar surface area (TPSA) is 23.6 Å². The fraction of sp³-hybridized carbons (Fsp3) is 0.769. The van der Waals surface area contributed by atoms with Gasteiger partial charge in [0.2, 0.25) is 5.91 Å². The number of carbonyl (C=O) groups is 1. The highest BCUT2D eigenvalue weighted by molar-refractivity contribution is 5.79. The molecule has 2 aliphatic rings. The average molecular weight is 222 g/mol. The van der Waals surface area contributed by atoms with Crippen molar-refractivity contribution in [2.45, 2.75) is 25.7 Å². The molecule has 0 aromatic heterocycles. The van der Waals surface area contributed by atoms with Crippen molar-refractivity contribution in [3.05, 3.63) is 12.7 Å². The third-order valence-corrected chi connectivity index (χ3v) is 3.78. The highest BCUT2D eigenvalue weighted by Gasteiger charge is 2.28. The Morgan fingerprint density at radius 2 is 1.81 bits per heavy atom. The van der Waals surface area contributed by atoms with Gasteiger partial charge in [-0.05, 0) is 12.8 Å². The smallest absolute Gasteiger partial charge is 0.225 e. The molecule has 0 radical (unpaired) electrons. The molecule has 1 saturated heterocycles. The van der Waals surface area contributed by atoms with Crippen molar-refractivity contribution in [2.75, 3.05) is 32.7 Å². The normalized spacial score (nSPS) is 23.6. The molecule has 0 unspecified atom stereocenters. The molecule has 0 atom stereocenters. The number of carbonyl (C=O) groups excluding carboxylic acids is 1. The van der Waals surface area contributed by atoms with Gasteiger partial charge in [0, 0.05) is 38.6 Å². The molecule has 2 rings (SSSR count). The van der Waals surface area contributed by atoms with Crippen molar-refractivity contribution in [2.24, 2.45) is 5.92 Å². The van der Waals surface area contributed by atoms with Gasteiger partial charge in [-0.3, -0.25) is 9.69 Å². The Morgan fingerprint density at radius 3 is 2.38 bits per heavy atom. The van der Waals surface area contributed by atoms with E-state index in [1.807, 2.05) is 6.08 Å². The highest BCUT2D eigenvalue weighted by Crippen LogP contribution is 2.26. The van der Waals surface area contributed by atoms with Crippen LogP contribution in [-0.2, 0) is 4.79 Å². The lowest BCUT2D eigenvalue weighted by atomic mass is 10.1. The van der Waals surface area contributed by atoms with Crippen LogP contribution in [0.5, 0.6) is 0 Å². The summed E-state index contributed by atoms with van der Waals surface area (Å²) in [5.74, 6) is 0.752. The van der Waals surface area contributed by atoms with E-state index in [0.717, 1.165) is 45.6 Å². The summed E-state index contributed by atoms with van der Waals surface area (Å²) in [7, 11) is 0. The summed E-state index contributed by atoms with van der Waals surface area (Å²) in [6, 6.07) is 0. The minimum Gasteiger partial charge on any atom is -0.340 e. The van der Waals surface area contributed by atoms with E-state index in [-0.39, 0.29) is 0 Å². The summed E-state index contributed by atoms with van der Waals surface area (Å²) in [5.41, 5.74) is 0. The van der Waals surface area contributed by atoms with Crippen molar-refractivity contribution >= 4 is 5.91 Å². The molecule has 3 heteroatoms. The lowest BCUT2D eigenvalue weighted by Gasteiger charge is -2.35. The number of piperazine rings is 1. The molecule has 0 N–H and O–H groups in total. The Balaban J connectivity index is 1.79. The number of nitrogens with zero attached hydrogens (tertiary/aromatic N) is 2. The molecule has 1 saturated carbocycles. The maximum Gasteiger partial charge on any atom is 0.225 e. The molecule has 1 aliphatic carbocycles. The molecule has 0 bridgehead atoms. The van der Waals surface area contributed by atoms with Crippen LogP contribution in [0.4, 0.5) is 0 Å². The van der Waals surface area contributed by atoms with E-state index >= 15 is 0 Å². The zero-order chi connectivity index (χ0) is 11.4. The SMILES string of the molecule is C=CCN1CCN(C(=O)C2CCCC2)CC1. The first-order valence-corrected chi connectivity index (χ1v) is 6.43. The van der Waals surface area contributed by atoms with Crippen LogP contribution in [-0.4, -0.2) is 48.4 Å². The first-order chi connectivity index (χ1) is 7.81. The molecule has 0 aromatic rings. The molecular weight excluding hydrogens is 200 g/mol. The number of hydrogen-bond donors (Lipinski definition) is 0. The van der Waals surface area contributed by atoms with Crippen molar-refractivity contribution in [3.63, 3.8) is 0 Å². The molecule has 2 fully saturated rings. The van der Waals surface area contributed by atoms with E-state index in [1.165, 1.54) is 12.8 Å². The lowest BCUT2D eigenvalue weighted by molar-refractivity contribution is -0.137. The Hall–Kier alpha value is -0.830. The minimum absolute atomic E-state index is 0.339. The predicted octanol–water partition coefficient (Wildman–Crippen LogP) is 1.51. The van der Waals surface area contributed by atoms with Crippen molar-refractivity contribution in [1.82, 2.24) is 9.80 Å². The summed E-state index contributed by atoms with van der Waals surface area (Å²) in [6.07, 6.45) is 6.66. The zero-order valence-electron chi connectivity index (χ0n) is 10.0. The Kier molecular flexibility index (Phi) is 3.99. The van der Waals surface area contributed by atoms with Gasteiger partial charge in [-0.15, -0.1) is 6.58 Å². The number of rotatable bonds is 3. The van der Waals surface area contributed by atoms with E-state index in [1.54, 1.807) is 0 Å². The second-order valence-electron chi connectivity index (χ2n) is 4.90. The van der Waals surface area contributed by atoms with Crippen LogP contribution in [0, 0.1) is 5.92 Å². The summed E-state index contributed by atoms with van der Waals surface area (Å²) < 4.78 is 0. The van der Waals surface area contributed by atoms with Crippen LogP contribution in [0.2, 0.25) is 0 Å².